The van der Waals surface area contributed by atoms with Crippen LogP contribution in [0.4, 0.5) is 5.69 Å². The van der Waals surface area contributed by atoms with Gasteiger partial charge in [-0.2, -0.15) is 0 Å². The van der Waals surface area contributed by atoms with Gasteiger partial charge in [0, 0.05) is 11.3 Å². The molecule has 0 saturated heterocycles. The number of rotatable bonds is 3. The fraction of sp³-hybridized carbons (Fsp3) is 0.200. The van der Waals surface area contributed by atoms with Gasteiger partial charge in [0.2, 0.25) is 0 Å². The average molecular weight is 388 g/mol. The van der Waals surface area contributed by atoms with Gasteiger partial charge in [-0.05, 0) is 46.1 Å². The molecule has 2 rings (SSSR count). The van der Waals surface area contributed by atoms with Gasteiger partial charge in [0.15, 0.2) is 0 Å². The number of benzene rings is 1. The van der Waals surface area contributed by atoms with Crippen molar-refractivity contribution in [2.75, 3.05) is 5.32 Å². The lowest BCUT2D eigenvalue weighted by Crippen LogP contribution is -2.13. The van der Waals surface area contributed by atoms with E-state index in [4.69, 9.17) is 23.2 Å². The molecule has 0 radical (unpaired) electrons. The highest BCUT2D eigenvalue weighted by Gasteiger charge is 2.13. The monoisotopic (exact) mass is 386 g/mol. The molecule has 1 N–H and O–H groups in total. The second-order valence-corrected chi connectivity index (χ2v) is 6.40. The first-order valence-electron chi connectivity index (χ1n) is 6.31. The summed E-state index contributed by atoms with van der Waals surface area (Å²) < 4.78 is 0.643. The van der Waals surface area contributed by atoms with Gasteiger partial charge in [-0.1, -0.05) is 43.1 Å². The van der Waals surface area contributed by atoms with E-state index in [2.05, 4.69) is 26.2 Å². The van der Waals surface area contributed by atoms with Crippen molar-refractivity contribution in [2.45, 2.75) is 19.8 Å². The number of aromatic nitrogens is 1. The lowest BCUT2D eigenvalue weighted by Gasteiger charge is -2.11. The van der Waals surface area contributed by atoms with E-state index in [0.717, 1.165) is 5.69 Å². The molecule has 0 atom stereocenters. The molecule has 1 heterocycles. The number of hydrogen-bond acceptors (Lipinski definition) is 2. The van der Waals surface area contributed by atoms with Crippen molar-refractivity contribution >= 4 is 50.7 Å². The SMILES string of the molecule is CC(C)c1cc(C(=O)Nc2cccc(Cl)c2Br)cc(Cl)n1. The molecule has 0 unspecified atom stereocenters. The van der Waals surface area contributed by atoms with Crippen molar-refractivity contribution in [3.63, 3.8) is 0 Å². The summed E-state index contributed by atoms with van der Waals surface area (Å²) in [6, 6.07) is 8.55. The van der Waals surface area contributed by atoms with Crippen LogP contribution in [-0.2, 0) is 0 Å². The zero-order valence-corrected chi connectivity index (χ0v) is 14.6. The van der Waals surface area contributed by atoms with Crippen LogP contribution >= 0.6 is 39.1 Å². The van der Waals surface area contributed by atoms with E-state index in [0.29, 0.717) is 25.9 Å². The summed E-state index contributed by atoms with van der Waals surface area (Å²) in [5.74, 6) is -0.0719. The molecule has 0 fully saturated rings. The van der Waals surface area contributed by atoms with Gasteiger partial charge in [0.05, 0.1) is 15.2 Å². The molecule has 3 nitrogen and oxygen atoms in total. The predicted molar refractivity (Wildman–Crippen MR) is 90.4 cm³/mol. The van der Waals surface area contributed by atoms with Gasteiger partial charge in [-0.15, -0.1) is 0 Å². The third kappa shape index (κ3) is 3.96. The number of halogens is 3. The van der Waals surface area contributed by atoms with E-state index in [1.807, 2.05) is 13.8 Å². The highest BCUT2D eigenvalue weighted by Crippen LogP contribution is 2.30. The molecule has 0 bridgehead atoms. The summed E-state index contributed by atoms with van der Waals surface area (Å²) in [4.78, 5) is 16.6. The topological polar surface area (TPSA) is 42.0 Å². The smallest absolute Gasteiger partial charge is 0.255 e. The summed E-state index contributed by atoms with van der Waals surface area (Å²) >= 11 is 15.3. The Morgan fingerprint density at radius 2 is 2.00 bits per heavy atom. The first-order valence-corrected chi connectivity index (χ1v) is 7.86. The van der Waals surface area contributed by atoms with Gasteiger partial charge < -0.3 is 5.32 Å². The van der Waals surface area contributed by atoms with Crippen LogP contribution in [0.2, 0.25) is 10.2 Å². The molecular formula is C15H13BrCl2N2O. The molecule has 1 amide bonds. The van der Waals surface area contributed by atoms with E-state index >= 15 is 0 Å². The van der Waals surface area contributed by atoms with E-state index in [-0.39, 0.29) is 11.8 Å². The van der Waals surface area contributed by atoms with Crippen LogP contribution in [-0.4, -0.2) is 10.9 Å². The zero-order valence-electron chi connectivity index (χ0n) is 11.5. The number of carbonyl (C=O) groups is 1. The maximum atomic E-state index is 12.3. The first kappa shape index (κ1) is 16.3. The van der Waals surface area contributed by atoms with Crippen LogP contribution in [0.3, 0.4) is 0 Å². The van der Waals surface area contributed by atoms with Crippen molar-refractivity contribution in [1.82, 2.24) is 4.98 Å². The minimum absolute atomic E-state index is 0.188. The lowest BCUT2D eigenvalue weighted by molar-refractivity contribution is 0.102. The van der Waals surface area contributed by atoms with Gasteiger partial charge in [0.25, 0.3) is 5.91 Å². The molecule has 110 valence electrons. The fourth-order valence-corrected chi connectivity index (χ4v) is 2.49. The average Bonchev–Trinajstić information content (AvgIpc) is 2.43. The number of hydrogen-bond donors (Lipinski definition) is 1. The van der Waals surface area contributed by atoms with Gasteiger partial charge in [-0.3, -0.25) is 4.79 Å². The molecule has 6 heteroatoms. The zero-order chi connectivity index (χ0) is 15.6. The summed E-state index contributed by atoms with van der Waals surface area (Å²) in [7, 11) is 0. The molecule has 21 heavy (non-hydrogen) atoms. The Kier molecular flexibility index (Phi) is 5.25. The number of anilines is 1. The van der Waals surface area contributed by atoms with E-state index < -0.39 is 0 Å². The third-order valence-corrected chi connectivity index (χ3v) is 4.46. The van der Waals surface area contributed by atoms with Gasteiger partial charge in [0.1, 0.15) is 5.15 Å². The molecule has 2 aromatic rings. The number of carbonyl (C=O) groups excluding carboxylic acids is 1. The second-order valence-electron chi connectivity index (χ2n) is 4.81. The van der Waals surface area contributed by atoms with Crippen LogP contribution in [0.1, 0.15) is 35.8 Å². The van der Waals surface area contributed by atoms with Gasteiger partial charge >= 0.3 is 0 Å². The standard InChI is InChI=1S/C15H13BrCl2N2O/c1-8(2)12-6-9(7-13(18)19-12)15(21)20-11-5-3-4-10(17)14(11)16/h3-8H,1-2H3,(H,20,21). The summed E-state index contributed by atoms with van der Waals surface area (Å²) in [5.41, 5.74) is 1.84. The Morgan fingerprint density at radius 1 is 1.29 bits per heavy atom. The van der Waals surface area contributed by atoms with Crippen molar-refractivity contribution in [3.8, 4) is 0 Å². The second kappa shape index (κ2) is 6.77. The summed E-state index contributed by atoms with van der Waals surface area (Å²) in [6.45, 7) is 3.99. The molecule has 1 aromatic carbocycles. The highest BCUT2D eigenvalue weighted by atomic mass is 79.9. The number of pyridine rings is 1. The molecule has 0 aliphatic heterocycles. The Morgan fingerprint density at radius 3 is 2.67 bits per heavy atom. The third-order valence-electron chi connectivity index (χ3n) is 2.87. The first-order chi connectivity index (χ1) is 9.88. The Balaban J connectivity index is 2.30. The van der Waals surface area contributed by atoms with E-state index in [9.17, 15) is 4.79 Å². The predicted octanol–water partition coefficient (Wildman–Crippen LogP) is 5.53. The van der Waals surface area contributed by atoms with Crippen molar-refractivity contribution < 1.29 is 4.79 Å². The minimum Gasteiger partial charge on any atom is -0.321 e. The highest BCUT2D eigenvalue weighted by molar-refractivity contribution is 9.10. The molecule has 1 aromatic heterocycles. The van der Waals surface area contributed by atoms with Crippen molar-refractivity contribution in [3.05, 3.63) is 56.2 Å². The summed E-state index contributed by atoms with van der Waals surface area (Å²) in [6.07, 6.45) is 0. The van der Waals surface area contributed by atoms with Crippen LogP contribution in [0.25, 0.3) is 0 Å². The van der Waals surface area contributed by atoms with Crippen LogP contribution in [0.15, 0.2) is 34.8 Å². The Labute approximate surface area is 141 Å². The molecule has 0 aliphatic rings. The molecule has 0 spiro atoms. The van der Waals surface area contributed by atoms with Crippen LogP contribution < -0.4 is 5.32 Å². The quantitative estimate of drug-likeness (QED) is 0.703. The minimum atomic E-state index is -0.260. The number of nitrogens with one attached hydrogen (secondary N) is 1. The number of nitrogens with zero attached hydrogens (tertiary/aromatic N) is 1. The van der Waals surface area contributed by atoms with E-state index in [1.54, 1.807) is 30.3 Å². The molecule has 0 aliphatic carbocycles. The van der Waals surface area contributed by atoms with Crippen LogP contribution in [0.5, 0.6) is 0 Å². The van der Waals surface area contributed by atoms with Crippen LogP contribution in [0, 0.1) is 0 Å². The van der Waals surface area contributed by atoms with E-state index in [1.165, 1.54) is 0 Å². The molecule has 0 saturated carbocycles. The Bertz CT molecular complexity index is 689. The maximum Gasteiger partial charge on any atom is 0.255 e. The lowest BCUT2D eigenvalue weighted by atomic mass is 10.1. The van der Waals surface area contributed by atoms with Crippen molar-refractivity contribution in [1.29, 1.82) is 0 Å². The number of amides is 1. The largest absolute Gasteiger partial charge is 0.321 e. The summed E-state index contributed by atoms with van der Waals surface area (Å²) in [5, 5.41) is 3.64. The Hall–Kier alpha value is -1.10. The molecular weight excluding hydrogens is 375 g/mol. The maximum absolute atomic E-state index is 12.3. The van der Waals surface area contributed by atoms with Gasteiger partial charge in [-0.25, -0.2) is 4.98 Å². The fourth-order valence-electron chi connectivity index (χ4n) is 1.74. The van der Waals surface area contributed by atoms with Crippen molar-refractivity contribution in [2.24, 2.45) is 0 Å². The normalized spacial score (nSPS) is 10.8.